The highest BCUT2D eigenvalue weighted by Crippen LogP contribution is 2.21. The highest BCUT2D eigenvalue weighted by molar-refractivity contribution is 7.98. The Bertz CT molecular complexity index is 866. The molecule has 2 aromatic carbocycles. The van der Waals surface area contributed by atoms with Gasteiger partial charge in [-0.15, -0.1) is 0 Å². The maximum atomic E-state index is 13.2. The van der Waals surface area contributed by atoms with E-state index in [0.29, 0.717) is 28.5 Å². The first-order valence-corrected chi connectivity index (χ1v) is 8.89. The minimum atomic E-state index is -0.624. The third-order valence-corrected chi connectivity index (χ3v) is 4.57. The standard InChI is InChI=1S/C18H16F2N4OS/c19-14-7-12(8-15(20)9-14)5-6-21-17(25)16-4-2-1-3-13(16)10-26-18-22-11-23-24-18/h1-4,7-9,11H,5-6,10H2,(H,21,25)(H,22,23,24). The molecule has 0 saturated carbocycles. The minimum absolute atomic E-state index is 0.226. The molecule has 0 bridgehead atoms. The van der Waals surface area contributed by atoms with Crippen molar-refractivity contribution in [2.24, 2.45) is 0 Å². The Labute approximate surface area is 153 Å². The number of thioether (sulfide) groups is 1. The second-order valence-corrected chi connectivity index (χ2v) is 6.48. The van der Waals surface area contributed by atoms with E-state index in [1.165, 1.54) is 30.2 Å². The third-order valence-electron chi connectivity index (χ3n) is 3.64. The molecule has 3 rings (SSSR count). The molecule has 0 aliphatic carbocycles. The average molecular weight is 374 g/mol. The zero-order valence-electron chi connectivity index (χ0n) is 13.7. The molecule has 0 spiro atoms. The molecule has 134 valence electrons. The molecule has 0 radical (unpaired) electrons. The van der Waals surface area contributed by atoms with Gasteiger partial charge in [0.15, 0.2) is 5.16 Å². The molecule has 1 amide bonds. The molecular weight excluding hydrogens is 358 g/mol. The Kier molecular flexibility index (Phi) is 5.96. The first kappa shape index (κ1) is 18.1. The number of carbonyl (C=O) groups is 1. The average Bonchev–Trinajstić information content (AvgIpc) is 3.13. The molecule has 0 fully saturated rings. The number of hydrogen-bond acceptors (Lipinski definition) is 4. The number of nitrogens with one attached hydrogen (secondary N) is 2. The maximum Gasteiger partial charge on any atom is 0.251 e. The first-order valence-electron chi connectivity index (χ1n) is 7.91. The number of halogens is 2. The van der Waals surface area contributed by atoms with Gasteiger partial charge in [-0.3, -0.25) is 9.89 Å². The van der Waals surface area contributed by atoms with E-state index in [0.717, 1.165) is 11.6 Å². The van der Waals surface area contributed by atoms with E-state index in [9.17, 15) is 13.6 Å². The topological polar surface area (TPSA) is 70.7 Å². The monoisotopic (exact) mass is 374 g/mol. The number of H-pyrrole nitrogens is 1. The number of benzene rings is 2. The van der Waals surface area contributed by atoms with Crippen molar-refractivity contribution in [2.45, 2.75) is 17.3 Å². The van der Waals surface area contributed by atoms with Crippen LogP contribution in [0, 0.1) is 11.6 Å². The van der Waals surface area contributed by atoms with Crippen molar-refractivity contribution < 1.29 is 13.6 Å². The fourth-order valence-electron chi connectivity index (χ4n) is 2.45. The van der Waals surface area contributed by atoms with Crippen LogP contribution in [0.4, 0.5) is 8.78 Å². The Morgan fingerprint density at radius 3 is 2.65 bits per heavy atom. The largest absolute Gasteiger partial charge is 0.352 e. The minimum Gasteiger partial charge on any atom is -0.352 e. The molecule has 0 unspecified atom stereocenters. The van der Waals surface area contributed by atoms with Gasteiger partial charge in [-0.25, -0.2) is 13.8 Å². The molecule has 2 N–H and O–H groups in total. The fraction of sp³-hybridized carbons (Fsp3) is 0.167. The van der Waals surface area contributed by atoms with Gasteiger partial charge in [-0.1, -0.05) is 30.0 Å². The van der Waals surface area contributed by atoms with E-state index in [4.69, 9.17) is 0 Å². The summed E-state index contributed by atoms with van der Waals surface area (Å²) in [6.07, 6.45) is 1.77. The number of nitrogens with zero attached hydrogens (tertiary/aromatic N) is 2. The molecule has 1 aromatic heterocycles. The van der Waals surface area contributed by atoms with Gasteiger partial charge in [0.1, 0.15) is 18.0 Å². The molecule has 0 aliphatic heterocycles. The van der Waals surface area contributed by atoms with Gasteiger partial charge < -0.3 is 5.32 Å². The number of carbonyl (C=O) groups excluding carboxylic acids is 1. The van der Waals surface area contributed by atoms with E-state index in [-0.39, 0.29) is 12.5 Å². The van der Waals surface area contributed by atoms with Crippen LogP contribution in [0.3, 0.4) is 0 Å². The summed E-state index contributed by atoms with van der Waals surface area (Å²) < 4.78 is 26.4. The molecule has 26 heavy (non-hydrogen) atoms. The summed E-state index contributed by atoms with van der Waals surface area (Å²) in [5.41, 5.74) is 1.92. The van der Waals surface area contributed by atoms with Crippen LogP contribution in [0.1, 0.15) is 21.5 Å². The second-order valence-electron chi connectivity index (χ2n) is 5.52. The van der Waals surface area contributed by atoms with Gasteiger partial charge in [0, 0.05) is 23.9 Å². The van der Waals surface area contributed by atoms with Gasteiger partial charge in [-0.05, 0) is 35.7 Å². The van der Waals surface area contributed by atoms with Crippen molar-refractivity contribution in [3.05, 3.63) is 77.1 Å². The number of aromatic nitrogens is 3. The van der Waals surface area contributed by atoms with Crippen LogP contribution in [0.25, 0.3) is 0 Å². The predicted octanol–water partition coefficient (Wildman–Crippen LogP) is 3.35. The fourth-order valence-corrected chi connectivity index (χ4v) is 3.23. The van der Waals surface area contributed by atoms with Crippen molar-refractivity contribution in [3.63, 3.8) is 0 Å². The highest BCUT2D eigenvalue weighted by Gasteiger charge is 2.11. The summed E-state index contributed by atoms with van der Waals surface area (Å²) in [5.74, 6) is -0.911. The number of amides is 1. The van der Waals surface area contributed by atoms with Crippen molar-refractivity contribution in [1.82, 2.24) is 20.5 Å². The Morgan fingerprint density at radius 2 is 1.92 bits per heavy atom. The predicted molar refractivity (Wildman–Crippen MR) is 94.8 cm³/mol. The van der Waals surface area contributed by atoms with Crippen LogP contribution in [-0.4, -0.2) is 27.6 Å². The lowest BCUT2D eigenvalue weighted by Crippen LogP contribution is -2.26. The molecule has 5 nitrogen and oxygen atoms in total. The van der Waals surface area contributed by atoms with Crippen molar-refractivity contribution in [1.29, 1.82) is 0 Å². The van der Waals surface area contributed by atoms with Gasteiger partial charge >= 0.3 is 0 Å². The Hall–Kier alpha value is -2.74. The third kappa shape index (κ3) is 4.89. The van der Waals surface area contributed by atoms with E-state index < -0.39 is 11.6 Å². The summed E-state index contributed by atoms with van der Waals surface area (Å²) in [7, 11) is 0. The maximum absolute atomic E-state index is 13.2. The number of hydrogen-bond donors (Lipinski definition) is 2. The smallest absolute Gasteiger partial charge is 0.251 e. The lowest BCUT2D eigenvalue weighted by Gasteiger charge is -2.10. The lowest BCUT2D eigenvalue weighted by atomic mass is 10.1. The van der Waals surface area contributed by atoms with Crippen molar-refractivity contribution >= 4 is 17.7 Å². The number of aromatic amines is 1. The van der Waals surface area contributed by atoms with E-state index in [1.54, 1.807) is 12.1 Å². The highest BCUT2D eigenvalue weighted by atomic mass is 32.2. The summed E-state index contributed by atoms with van der Waals surface area (Å²) >= 11 is 1.44. The first-order chi connectivity index (χ1) is 12.6. The number of rotatable bonds is 7. The van der Waals surface area contributed by atoms with Crippen molar-refractivity contribution in [2.75, 3.05) is 6.54 Å². The van der Waals surface area contributed by atoms with Gasteiger partial charge in [0.25, 0.3) is 5.91 Å². The normalized spacial score (nSPS) is 10.7. The van der Waals surface area contributed by atoms with Crippen LogP contribution >= 0.6 is 11.8 Å². The summed E-state index contributed by atoms with van der Waals surface area (Å²) in [6.45, 7) is 0.283. The second kappa shape index (κ2) is 8.57. The van der Waals surface area contributed by atoms with Crippen LogP contribution in [0.2, 0.25) is 0 Å². The molecule has 1 heterocycles. The Morgan fingerprint density at radius 1 is 1.15 bits per heavy atom. The lowest BCUT2D eigenvalue weighted by molar-refractivity contribution is 0.0953. The molecule has 8 heteroatoms. The quantitative estimate of drug-likeness (QED) is 0.622. The Balaban J connectivity index is 1.59. The summed E-state index contributed by atoms with van der Waals surface area (Å²) in [4.78, 5) is 16.5. The van der Waals surface area contributed by atoms with Crippen LogP contribution < -0.4 is 5.32 Å². The van der Waals surface area contributed by atoms with Crippen LogP contribution in [-0.2, 0) is 12.2 Å². The van der Waals surface area contributed by atoms with E-state index >= 15 is 0 Å². The molecule has 0 saturated heterocycles. The zero-order valence-corrected chi connectivity index (χ0v) is 14.5. The summed E-state index contributed by atoms with van der Waals surface area (Å²) in [5, 5.41) is 10.0. The van der Waals surface area contributed by atoms with Gasteiger partial charge in [-0.2, -0.15) is 5.10 Å². The summed E-state index contributed by atoms with van der Waals surface area (Å²) in [6, 6.07) is 10.6. The molecule has 0 atom stereocenters. The van der Waals surface area contributed by atoms with Crippen LogP contribution in [0.5, 0.6) is 0 Å². The van der Waals surface area contributed by atoms with E-state index in [2.05, 4.69) is 20.5 Å². The van der Waals surface area contributed by atoms with Gasteiger partial charge in [0.05, 0.1) is 0 Å². The molecule has 0 aliphatic rings. The van der Waals surface area contributed by atoms with Gasteiger partial charge in [0.2, 0.25) is 0 Å². The van der Waals surface area contributed by atoms with Crippen LogP contribution in [0.15, 0.2) is 53.9 Å². The SMILES string of the molecule is O=C(NCCc1cc(F)cc(F)c1)c1ccccc1CSc1ncn[nH]1. The van der Waals surface area contributed by atoms with Crippen molar-refractivity contribution in [3.8, 4) is 0 Å². The molecule has 3 aromatic rings. The molecular formula is C18H16F2N4OS. The zero-order chi connectivity index (χ0) is 18.4. The van der Waals surface area contributed by atoms with E-state index in [1.807, 2.05) is 12.1 Å².